The van der Waals surface area contributed by atoms with E-state index < -0.39 is 0 Å². The Balaban J connectivity index is 2.65. The fraction of sp³-hybridized carbons (Fsp3) is 0.429. The van der Waals surface area contributed by atoms with Gasteiger partial charge in [0.15, 0.2) is 0 Å². The summed E-state index contributed by atoms with van der Waals surface area (Å²) in [7, 11) is 1.78. The third-order valence-electron chi connectivity index (χ3n) is 2.78. The predicted octanol–water partition coefficient (Wildman–Crippen LogP) is 2.57. The van der Waals surface area contributed by atoms with Gasteiger partial charge in [0, 0.05) is 26.4 Å². The van der Waals surface area contributed by atoms with Gasteiger partial charge in [0.2, 0.25) is 5.91 Å². The summed E-state index contributed by atoms with van der Waals surface area (Å²) in [6.45, 7) is 4.71. The van der Waals surface area contributed by atoms with Crippen LogP contribution in [0.4, 0.5) is 0 Å². The Hall–Kier alpha value is -1.82. The largest absolute Gasteiger partial charge is 0.341 e. The van der Waals surface area contributed by atoms with Gasteiger partial charge in [-0.05, 0) is 25.0 Å². The number of hydrogen-bond donors (Lipinski definition) is 0. The number of rotatable bonds is 4. The highest BCUT2D eigenvalue weighted by Crippen LogP contribution is 2.13. The predicted molar refractivity (Wildman–Crippen MR) is 67.2 cm³/mol. The van der Waals surface area contributed by atoms with Crippen molar-refractivity contribution in [3.63, 3.8) is 0 Å². The van der Waals surface area contributed by atoms with Crippen LogP contribution >= 0.6 is 0 Å². The summed E-state index contributed by atoms with van der Waals surface area (Å²) in [4.78, 5) is 13.3. The smallest absolute Gasteiger partial charge is 0.223 e. The zero-order valence-corrected chi connectivity index (χ0v) is 10.7. The van der Waals surface area contributed by atoms with E-state index in [1.54, 1.807) is 11.9 Å². The van der Waals surface area contributed by atoms with Gasteiger partial charge < -0.3 is 4.90 Å². The number of aryl methyl sites for hydroxylation is 2. The van der Waals surface area contributed by atoms with Crippen LogP contribution in [0.1, 0.15) is 29.5 Å². The zero-order chi connectivity index (χ0) is 12.8. The van der Waals surface area contributed by atoms with Gasteiger partial charge in [0.1, 0.15) is 0 Å². The molecule has 1 rings (SSSR count). The maximum atomic E-state index is 11.7. The van der Waals surface area contributed by atoms with E-state index in [0.29, 0.717) is 13.0 Å². The van der Waals surface area contributed by atoms with Crippen LogP contribution in [-0.4, -0.2) is 17.9 Å². The molecule has 3 heteroatoms. The second-order valence-electron chi connectivity index (χ2n) is 4.34. The minimum Gasteiger partial charge on any atom is -0.341 e. The van der Waals surface area contributed by atoms with Crippen molar-refractivity contribution in [1.82, 2.24) is 4.90 Å². The monoisotopic (exact) mass is 230 g/mol. The fourth-order valence-electron chi connectivity index (χ4n) is 1.72. The SMILES string of the molecule is Cc1ccc(CN(C)C(=O)CCC#N)c(C)c1. The molecule has 0 atom stereocenters. The van der Waals surface area contributed by atoms with Crippen LogP contribution in [0.15, 0.2) is 18.2 Å². The number of nitriles is 1. The maximum absolute atomic E-state index is 11.7. The van der Waals surface area contributed by atoms with Crippen molar-refractivity contribution in [2.45, 2.75) is 33.2 Å². The van der Waals surface area contributed by atoms with Crippen molar-refractivity contribution in [2.75, 3.05) is 7.05 Å². The molecule has 1 amide bonds. The first-order valence-electron chi connectivity index (χ1n) is 5.71. The summed E-state index contributed by atoms with van der Waals surface area (Å²) < 4.78 is 0. The van der Waals surface area contributed by atoms with E-state index in [2.05, 4.69) is 32.0 Å². The standard InChI is InChI=1S/C14H18N2O/c1-11-6-7-13(12(2)9-11)10-16(3)14(17)5-4-8-15/h6-7,9H,4-5,10H2,1-3H3. The lowest BCUT2D eigenvalue weighted by Gasteiger charge is -2.18. The van der Waals surface area contributed by atoms with E-state index in [4.69, 9.17) is 5.26 Å². The highest BCUT2D eigenvalue weighted by Gasteiger charge is 2.09. The lowest BCUT2D eigenvalue weighted by Crippen LogP contribution is -2.26. The van der Waals surface area contributed by atoms with Gasteiger partial charge in [-0.1, -0.05) is 23.8 Å². The Bertz CT molecular complexity index is 446. The Morgan fingerprint density at radius 2 is 2.12 bits per heavy atom. The Morgan fingerprint density at radius 3 is 2.71 bits per heavy atom. The van der Waals surface area contributed by atoms with Gasteiger partial charge >= 0.3 is 0 Å². The molecule has 1 aromatic rings. The molecule has 17 heavy (non-hydrogen) atoms. The van der Waals surface area contributed by atoms with Crippen LogP contribution in [0.25, 0.3) is 0 Å². The summed E-state index contributed by atoms with van der Waals surface area (Å²) in [5, 5.41) is 8.44. The molecular weight excluding hydrogens is 212 g/mol. The first kappa shape index (κ1) is 13.2. The Labute approximate surface area is 103 Å². The minimum absolute atomic E-state index is 0.0199. The van der Waals surface area contributed by atoms with E-state index in [1.165, 1.54) is 11.1 Å². The summed E-state index contributed by atoms with van der Waals surface area (Å²) in [6, 6.07) is 8.21. The number of nitrogens with zero attached hydrogens (tertiary/aromatic N) is 2. The molecule has 90 valence electrons. The van der Waals surface area contributed by atoms with Crippen LogP contribution in [0, 0.1) is 25.2 Å². The summed E-state index contributed by atoms with van der Waals surface area (Å²) >= 11 is 0. The van der Waals surface area contributed by atoms with Crippen molar-refractivity contribution in [3.05, 3.63) is 34.9 Å². The lowest BCUT2D eigenvalue weighted by molar-refractivity contribution is -0.130. The number of amides is 1. The number of hydrogen-bond acceptors (Lipinski definition) is 2. The highest BCUT2D eigenvalue weighted by molar-refractivity contribution is 5.76. The topological polar surface area (TPSA) is 44.1 Å². The molecule has 0 fully saturated rings. The first-order chi connectivity index (χ1) is 8.04. The van der Waals surface area contributed by atoms with E-state index in [-0.39, 0.29) is 12.3 Å². The average Bonchev–Trinajstić information content (AvgIpc) is 2.29. The van der Waals surface area contributed by atoms with Gasteiger partial charge in [-0.15, -0.1) is 0 Å². The van der Waals surface area contributed by atoms with Gasteiger partial charge in [-0.25, -0.2) is 0 Å². The Morgan fingerprint density at radius 1 is 1.41 bits per heavy atom. The van der Waals surface area contributed by atoms with Crippen LogP contribution < -0.4 is 0 Å². The van der Waals surface area contributed by atoms with Gasteiger partial charge in [-0.2, -0.15) is 5.26 Å². The minimum atomic E-state index is 0.0199. The maximum Gasteiger partial charge on any atom is 0.223 e. The second-order valence-corrected chi connectivity index (χ2v) is 4.34. The quantitative estimate of drug-likeness (QED) is 0.798. The van der Waals surface area contributed by atoms with Crippen LogP contribution in [0.3, 0.4) is 0 Å². The van der Waals surface area contributed by atoms with Crippen molar-refractivity contribution in [2.24, 2.45) is 0 Å². The zero-order valence-electron chi connectivity index (χ0n) is 10.7. The van der Waals surface area contributed by atoms with E-state index >= 15 is 0 Å². The molecule has 0 unspecified atom stereocenters. The van der Waals surface area contributed by atoms with Crippen LogP contribution in [0.2, 0.25) is 0 Å². The number of carbonyl (C=O) groups is 1. The normalized spacial score (nSPS) is 9.76. The van der Waals surface area contributed by atoms with Crippen LogP contribution in [-0.2, 0) is 11.3 Å². The van der Waals surface area contributed by atoms with Gasteiger partial charge in [0.05, 0.1) is 6.07 Å². The van der Waals surface area contributed by atoms with E-state index in [0.717, 1.165) is 5.56 Å². The molecule has 0 aliphatic rings. The third-order valence-corrected chi connectivity index (χ3v) is 2.78. The van der Waals surface area contributed by atoms with Gasteiger partial charge in [-0.3, -0.25) is 4.79 Å². The average molecular weight is 230 g/mol. The fourth-order valence-corrected chi connectivity index (χ4v) is 1.72. The van der Waals surface area contributed by atoms with Crippen molar-refractivity contribution in [3.8, 4) is 6.07 Å². The molecule has 0 saturated carbocycles. The molecule has 0 bridgehead atoms. The number of carbonyl (C=O) groups excluding carboxylic acids is 1. The first-order valence-corrected chi connectivity index (χ1v) is 5.71. The molecule has 0 aromatic heterocycles. The van der Waals surface area contributed by atoms with E-state index in [1.807, 2.05) is 6.07 Å². The Kier molecular flexibility index (Phi) is 4.71. The molecule has 0 aliphatic carbocycles. The summed E-state index contributed by atoms with van der Waals surface area (Å²) in [5.41, 5.74) is 3.58. The number of benzene rings is 1. The lowest BCUT2D eigenvalue weighted by atomic mass is 10.1. The van der Waals surface area contributed by atoms with Crippen molar-refractivity contribution >= 4 is 5.91 Å². The van der Waals surface area contributed by atoms with Crippen molar-refractivity contribution < 1.29 is 4.79 Å². The molecule has 3 nitrogen and oxygen atoms in total. The summed E-state index contributed by atoms with van der Waals surface area (Å²) in [6.07, 6.45) is 0.591. The molecule has 0 N–H and O–H groups in total. The molecule has 0 aliphatic heterocycles. The molecule has 0 saturated heterocycles. The van der Waals surface area contributed by atoms with Crippen LogP contribution in [0.5, 0.6) is 0 Å². The van der Waals surface area contributed by atoms with Gasteiger partial charge in [0.25, 0.3) is 0 Å². The highest BCUT2D eigenvalue weighted by atomic mass is 16.2. The molecule has 1 aromatic carbocycles. The second kappa shape index (κ2) is 6.05. The summed E-state index contributed by atoms with van der Waals surface area (Å²) in [5.74, 6) is 0.0199. The molecular formula is C14H18N2O. The molecule has 0 spiro atoms. The van der Waals surface area contributed by atoms with Crippen molar-refractivity contribution in [1.29, 1.82) is 5.26 Å². The molecule has 0 radical (unpaired) electrons. The third kappa shape index (κ3) is 3.92. The molecule has 0 heterocycles. The van der Waals surface area contributed by atoms with E-state index in [9.17, 15) is 4.79 Å².